The lowest BCUT2D eigenvalue weighted by atomic mass is 10.1. The second-order valence-corrected chi connectivity index (χ2v) is 7.84. The van der Waals surface area contributed by atoms with Crippen molar-refractivity contribution in [2.24, 2.45) is 0 Å². The molecule has 0 aliphatic rings. The van der Waals surface area contributed by atoms with Crippen molar-refractivity contribution in [1.29, 1.82) is 0 Å². The Morgan fingerprint density at radius 2 is 1.85 bits per heavy atom. The minimum Gasteiger partial charge on any atom is -0.488 e. The van der Waals surface area contributed by atoms with Gasteiger partial charge in [0.05, 0.1) is 29.7 Å². The third kappa shape index (κ3) is 5.07. The highest BCUT2D eigenvalue weighted by atomic mass is 35.5. The minimum absolute atomic E-state index is 0.272. The summed E-state index contributed by atoms with van der Waals surface area (Å²) in [4.78, 5) is 16.4. The van der Waals surface area contributed by atoms with Crippen molar-refractivity contribution in [1.82, 2.24) is 9.55 Å². The molecule has 0 amide bonds. The van der Waals surface area contributed by atoms with Crippen LogP contribution in [0.25, 0.3) is 16.9 Å². The first-order valence-corrected chi connectivity index (χ1v) is 10.8. The molecule has 0 bridgehead atoms. The third-order valence-electron chi connectivity index (χ3n) is 5.09. The number of carbonyl (C=O) groups excluding carboxylic acids is 1. The van der Waals surface area contributed by atoms with Crippen molar-refractivity contribution in [3.05, 3.63) is 101 Å². The van der Waals surface area contributed by atoms with Crippen LogP contribution >= 0.6 is 11.6 Å². The lowest BCUT2D eigenvalue weighted by Crippen LogP contribution is -2.07. The highest BCUT2D eigenvalue weighted by Crippen LogP contribution is 2.36. The second kappa shape index (κ2) is 9.88. The molecule has 2 aromatic carbocycles. The predicted octanol–water partition coefficient (Wildman–Crippen LogP) is 6.40. The van der Waals surface area contributed by atoms with Crippen molar-refractivity contribution < 1.29 is 18.7 Å². The molecule has 33 heavy (non-hydrogen) atoms. The molecule has 4 rings (SSSR count). The number of pyridine rings is 1. The fraction of sp³-hybridized carbons (Fsp3) is 0.154. The first kappa shape index (κ1) is 22.6. The van der Waals surface area contributed by atoms with Gasteiger partial charge in [0.1, 0.15) is 18.2 Å². The van der Waals surface area contributed by atoms with Gasteiger partial charge in [-0.15, -0.1) is 0 Å². The van der Waals surface area contributed by atoms with Gasteiger partial charge in [-0.2, -0.15) is 0 Å². The highest BCUT2D eigenvalue weighted by molar-refractivity contribution is 6.31. The summed E-state index contributed by atoms with van der Waals surface area (Å²) in [6.07, 6.45) is 3.17. The van der Waals surface area contributed by atoms with Crippen molar-refractivity contribution in [3.8, 4) is 22.7 Å². The molecule has 4 aromatic rings. The number of aromatic nitrogens is 2. The van der Waals surface area contributed by atoms with Crippen LogP contribution in [-0.2, 0) is 11.3 Å². The quantitative estimate of drug-likeness (QED) is 0.297. The van der Waals surface area contributed by atoms with E-state index in [4.69, 9.17) is 21.1 Å². The average Bonchev–Trinajstić information content (AvgIpc) is 3.20. The summed E-state index contributed by atoms with van der Waals surface area (Å²) in [7, 11) is 0. The zero-order chi connectivity index (χ0) is 23.4. The van der Waals surface area contributed by atoms with Gasteiger partial charge in [-0.05, 0) is 67.9 Å². The number of nitrogens with zero attached hydrogens (tertiary/aromatic N) is 2. The highest BCUT2D eigenvalue weighted by Gasteiger charge is 2.17. The molecule has 0 N–H and O–H groups in total. The third-order valence-corrected chi connectivity index (χ3v) is 5.33. The summed E-state index contributed by atoms with van der Waals surface area (Å²) in [5.41, 5.74) is 4.47. The maximum atomic E-state index is 13.2. The summed E-state index contributed by atoms with van der Waals surface area (Å²) in [5, 5.41) is 0.558. The molecular formula is C26H22ClFN2O3. The topological polar surface area (TPSA) is 53.3 Å². The van der Waals surface area contributed by atoms with Crippen LogP contribution in [0, 0.1) is 12.7 Å². The molecule has 2 aromatic heterocycles. The van der Waals surface area contributed by atoms with E-state index in [0.717, 1.165) is 22.5 Å². The van der Waals surface area contributed by atoms with Gasteiger partial charge in [0, 0.05) is 22.5 Å². The SMILES string of the molecule is CCOC(=O)c1cncc(-n2c(C)ccc2-c2cc(Cl)ccc2OCc2ccc(F)cc2)c1. The Labute approximate surface area is 196 Å². The van der Waals surface area contributed by atoms with E-state index >= 15 is 0 Å². The number of ether oxygens (including phenoxy) is 2. The lowest BCUT2D eigenvalue weighted by Gasteiger charge is -2.16. The van der Waals surface area contributed by atoms with Crippen molar-refractivity contribution in [2.45, 2.75) is 20.5 Å². The van der Waals surface area contributed by atoms with Gasteiger partial charge < -0.3 is 14.0 Å². The van der Waals surface area contributed by atoms with Gasteiger partial charge in [-0.1, -0.05) is 23.7 Å². The van der Waals surface area contributed by atoms with Crippen LogP contribution in [0.2, 0.25) is 5.02 Å². The Kier molecular flexibility index (Phi) is 6.75. The summed E-state index contributed by atoms with van der Waals surface area (Å²) < 4.78 is 26.4. The Morgan fingerprint density at radius 1 is 1.06 bits per heavy atom. The number of aryl methyl sites for hydroxylation is 1. The summed E-state index contributed by atoms with van der Waals surface area (Å²) in [6.45, 7) is 4.28. The number of hydrogen-bond acceptors (Lipinski definition) is 4. The maximum absolute atomic E-state index is 13.2. The number of halogens is 2. The molecule has 7 heteroatoms. The van der Waals surface area contributed by atoms with Crippen LogP contribution < -0.4 is 4.74 Å². The van der Waals surface area contributed by atoms with Gasteiger partial charge in [-0.25, -0.2) is 9.18 Å². The van der Waals surface area contributed by atoms with E-state index in [2.05, 4.69) is 4.98 Å². The molecule has 168 valence electrons. The van der Waals surface area contributed by atoms with Gasteiger partial charge >= 0.3 is 5.97 Å². The number of rotatable bonds is 7. The monoisotopic (exact) mass is 464 g/mol. The normalized spacial score (nSPS) is 10.8. The molecule has 0 saturated carbocycles. The standard InChI is InChI=1S/C26H22ClFN2O3/c1-3-32-26(31)19-12-22(15-29-14-19)30-17(2)4-10-24(30)23-13-20(27)7-11-25(23)33-16-18-5-8-21(28)9-6-18/h4-15H,3,16H2,1-2H3. The molecule has 0 fully saturated rings. The summed E-state index contributed by atoms with van der Waals surface area (Å²) >= 11 is 6.33. The van der Waals surface area contributed by atoms with E-state index in [0.29, 0.717) is 22.0 Å². The van der Waals surface area contributed by atoms with E-state index in [1.165, 1.54) is 18.3 Å². The zero-order valence-corrected chi connectivity index (χ0v) is 19.0. The van der Waals surface area contributed by atoms with Crippen LogP contribution in [0.5, 0.6) is 5.75 Å². The summed E-state index contributed by atoms with van der Waals surface area (Å²) in [5.74, 6) is -0.0974. The Hall–Kier alpha value is -3.64. The molecule has 0 spiro atoms. The molecule has 2 heterocycles. The summed E-state index contributed by atoms with van der Waals surface area (Å²) in [6, 6.07) is 17.2. The van der Waals surface area contributed by atoms with Crippen molar-refractivity contribution >= 4 is 17.6 Å². The molecule has 0 unspecified atom stereocenters. The Balaban J connectivity index is 1.72. The molecular weight excluding hydrogens is 443 g/mol. The van der Waals surface area contributed by atoms with Crippen LogP contribution in [-0.4, -0.2) is 22.1 Å². The van der Waals surface area contributed by atoms with E-state index in [1.807, 2.05) is 29.7 Å². The van der Waals surface area contributed by atoms with Gasteiger partial charge in [0.15, 0.2) is 0 Å². The van der Waals surface area contributed by atoms with Crippen LogP contribution in [0.1, 0.15) is 28.5 Å². The van der Waals surface area contributed by atoms with Gasteiger partial charge in [0.2, 0.25) is 0 Å². The van der Waals surface area contributed by atoms with E-state index in [9.17, 15) is 9.18 Å². The van der Waals surface area contributed by atoms with Gasteiger partial charge in [-0.3, -0.25) is 4.98 Å². The van der Waals surface area contributed by atoms with Crippen LogP contribution in [0.4, 0.5) is 4.39 Å². The molecule has 5 nitrogen and oxygen atoms in total. The Bertz CT molecular complexity index is 1290. The zero-order valence-electron chi connectivity index (χ0n) is 18.2. The average molecular weight is 465 g/mol. The van der Waals surface area contributed by atoms with Gasteiger partial charge in [0.25, 0.3) is 0 Å². The number of esters is 1. The number of hydrogen-bond donors (Lipinski definition) is 0. The second-order valence-electron chi connectivity index (χ2n) is 7.40. The predicted molar refractivity (Wildman–Crippen MR) is 125 cm³/mol. The molecule has 0 atom stereocenters. The Morgan fingerprint density at radius 3 is 2.61 bits per heavy atom. The number of benzene rings is 2. The van der Waals surface area contributed by atoms with Crippen LogP contribution in [0.3, 0.4) is 0 Å². The van der Waals surface area contributed by atoms with E-state index in [-0.39, 0.29) is 19.0 Å². The van der Waals surface area contributed by atoms with Crippen molar-refractivity contribution in [2.75, 3.05) is 6.61 Å². The van der Waals surface area contributed by atoms with Crippen LogP contribution in [0.15, 0.2) is 73.1 Å². The molecule has 0 saturated heterocycles. The fourth-order valence-corrected chi connectivity index (χ4v) is 3.71. The molecule has 0 aliphatic carbocycles. The first-order valence-electron chi connectivity index (χ1n) is 10.4. The van der Waals surface area contributed by atoms with E-state index < -0.39 is 5.97 Å². The first-order chi connectivity index (χ1) is 16.0. The molecule has 0 radical (unpaired) electrons. The maximum Gasteiger partial charge on any atom is 0.339 e. The molecule has 0 aliphatic heterocycles. The smallest absolute Gasteiger partial charge is 0.339 e. The largest absolute Gasteiger partial charge is 0.488 e. The lowest BCUT2D eigenvalue weighted by molar-refractivity contribution is 0.0526. The minimum atomic E-state index is -0.427. The van der Waals surface area contributed by atoms with Crippen molar-refractivity contribution in [3.63, 3.8) is 0 Å². The fourth-order valence-electron chi connectivity index (χ4n) is 3.54. The van der Waals surface area contributed by atoms with E-state index in [1.54, 1.807) is 43.5 Å². The number of carbonyl (C=O) groups is 1.